The normalized spacial score (nSPS) is 15.2. The number of carbonyl (C=O) groups excluding carboxylic acids is 1. The number of carbonyl (C=O) groups is 1. The second kappa shape index (κ2) is 10.3. The Hall–Kier alpha value is -2.65. The van der Waals surface area contributed by atoms with Gasteiger partial charge in [0, 0.05) is 32.9 Å². The molecule has 174 valence electrons. The number of amides is 1. The zero-order valence-corrected chi connectivity index (χ0v) is 19.6. The molecular formula is C23H31N3O5S. The minimum Gasteiger partial charge on any atom is -0.493 e. The Kier molecular flexibility index (Phi) is 7.73. The zero-order chi connectivity index (χ0) is 23.3. The lowest BCUT2D eigenvalue weighted by atomic mass is 9.97. The minimum atomic E-state index is -3.62. The summed E-state index contributed by atoms with van der Waals surface area (Å²) in [6, 6.07) is 9.63. The van der Waals surface area contributed by atoms with Gasteiger partial charge in [0.25, 0.3) is 11.5 Å². The van der Waals surface area contributed by atoms with Crippen molar-refractivity contribution < 1.29 is 17.9 Å². The number of likely N-dealkylation sites (tertiary alicyclic amines) is 1. The van der Waals surface area contributed by atoms with E-state index >= 15 is 0 Å². The van der Waals surface area contributed by atoms with Crippen LogP contribution in [0.5, 0.6) is 5.75 Å². The molecule has 1 saturated heterocycles. The van der Waals surface area contributed by atoms with Crippen LogP contribution in [0.3, 0.4) is 0 Å². The van der Waals surface area contributed by atoms with E-state index in [9.17, 15) is 18.0 Å². The fraction of sp³-hybridized carbons (Fsp3) is 0.478. The monoisotopic (exact) mass is 461 g/mol. The van der Waals surface area contributed by atoms with Crippen LogP contribution in [0.2, 0.25) is 0 Å². The second-order valence-electron chi connectivity index (χ2n) is 8.60. The lowest BCUT2D eigenvalue weighted by Gasteiger charge is -2.32. The quantitative estimate of drug-likeness (QED) is 0.650. The number of rotatable bonds is 8. The molecular weight excluding hydrogens is 430 g/mol. The van der Waals surface area contributed by atoms with E-state index in [4.69, 9.17) is 4.74 Å². The molecule has 0 saturated carbocycles. The maximum absolute atomic E-state index is 12.7. The molecule has 0 unspecified atom stereocenters. The van der Waals surface area contributed by atoms with Gasteiger partial charge in [-0.05, 0) is 61.1 Å². The molecule has 9 heteroatoms. The molecule has 1 amide bonds. The van der Waals surface area contributed by atoms with Crippen LogP contribution >= 0.6 is 0 Å². The third-order valence-electron chi connectivity index (χ3n) is 5.53. The third-order valence-corrected chi connectivity index (χ3v) is 6.97. The maximum Gasteiger partial charge on any atom is 0.263 e. The largest absolute Gasteiger partial charge is 0.493 e. The summed E-state index contributed by atoms with van der Waals surface area (Å²) in [5, 5.41) is 0. The number of aryl methyl sites for hydroxylation is 1. The topological polar surface area (TPSA) is 97.7 Å². The third kappa shape index (κ3) is 5.98. The number of ether oxygens (including phenoxy) is 1. The predicted octanol–water partition coefficient (Wildman–Crippen LogP) is 2.25. The van der Waals surface area contributed by atoms with Crippen LogP contribution in [-0.2, 0) is 17.1 Å². The lowest BCUT2D eigenvalue weighted by molar-refractivity contribution is 0.0689. The highest BCUT2D eigenvalue weighted by molar-refractivity contribution is 7.89. The number of pyridine rings is 1. The summed E-state index contributed by atoms with van der Waals surface area (Å²) in [6.07, 6.45) is 2.95. The van der Waals surface area contributed by atoms with E-state index in [1.165, 1.54) is 4.57 Å². The van der Waals surface area contributed by atoms with Crippen LogP contribution in [0.25, 0.3) is 0 Å². The van der Waals surface area contributed by atoms with Gasteiger partial charge in [-0.1, -0.05) is 13.8 Å². The van der Waals surface area contributed by atoms with E-state index in [0.29, 0.717) is 50.8 Å². The van der Waals surface area contributed by atoms with Crippen molar-refractivity contribution >= 4 is 15.9 Å². The molecule has 0 aliphatic carbocycles. The Bertz CT molecular complexity index is 1090. The van der Waals surface area contributed by atoms with Crippen molar-refractivity contribution in [3.63, 3.8) is 0 Å². The first-order valence-corrected chi connectivity index (χ1v) is 12.3. The zero-order valence-electron chi connectivity index (χ0n) is 18.8. The number of piperidine rings is 1. The van der Waals surface area contributed by atoms with Gasteiger partial charge in [0.1, 0.15) is 11.3 Å². The highest BCUT2D eigenvalue weighted by atomic mass is 32.2. The Labute approximate surface area is 189 Å². The van der Waals surface area contributed by atoms with Crippen LogP contribution in [-0.4, -0.2) is 50.0 Å². The first-order chi connectivity index (χ1) is 15.2. The number of nitrogens with zero attached hydrogens (tertiary/aromatic N) is 2. The standard InChI is InChI=1S/C23H31N3O5S/c1-17(2)16-31-19-6-8-20(9-7-19)32(29,30)24-15-18-10-13-26(14-11-18)23(28)21-5-4-12-25(3)22(21)27/h4-9,12,17-18,24H,10-11,13-16H2,1-3H3. The summed E-state index contributed by atoms with van der Waals surface area (Å²) in [4.78, 5) is 26.7. The van der Waals surface area contributed by atoms with Gasteiger partial charge >= 0.3 is 0 Å². The highest BCUT2D eigenvalue weighted by Gasteiger charge is 2.26. The number of hydrogen-bond acceptors (Lipinski definition) is 5. The van der Waals surface area contributed by atoms with Crippen molar-refractivity contribution in [2.24, 2.45) is 18.9 Å². The van der Waals surface area contributed by atoms with Gasteiger partial charge in [-0.3, -0.25) is 9.59 Å². The number of nitrogens with one attached hydrogen (secondary N) is 1. The average Bonchev–Trinajstić information content (AvgIpc) is 2.78. The van der Waals surface area contributed by atoms with Gasteiger partial charge in [0.15, 0.2) is 0 Å². The molecule has 1 aromatic heterocycles. The molecule has 8 nitrogen and oxygen atoms in total. The summed E-state index contributed by atoms with van der Waals surface area (Å²) >= 11 is 0. The van der Waals surface area contributed by atoms with E-state index in [1.54, 1.807) is 54.5 Å². The number of benzene rings is 1. The molecule has 1 aliphatic rings. The van der Waals surface area contributed by atoms with E-state index in [2.05, 4.69) is 4.72 Å². The first kappa shape index (κ1) is 24.0. The Morgan fingerprint density at radius 3 is 2.44 bits per heavy atom. The minimum absolute atomic E-state index is 0.126. The summed E-state index contributed by atoms with van der Waals surface area (Å²) in [6.45, 7) is 5.96. The van der Waals surface area contributed by atoms with Gasteiger partial charge in [-0.15, -0.1) is 0 Å². The molecule has 32 heavy (non-hydrogen) atoms. The van der Waals surface area contributed by atoms with Crippen molar-refractivity contribution in [2.75, 3.05) is 26.2 Å². The van der Waals surface area contributed by atoms with E-state index < -0.39 is 10.0 Å². The number of sulfonamides is 1. The van der Waals surface area contributed by atoms with Gasteiger partial charge in [0.05, 0.1) is 11.5 Å². The Morgan fingerprint density at radius 2 is 1.81 bits per heavy atom. The Balaban J connectivity index is 1.51. The first-order valence-electron chi connectivity index (χ1n) is 10.8. The van der Waals surface area contributed by atoms with Crippen molar-refractivity contribution in [3.8, 4) is 5.75 Å². The maximum atomic E-state index is 12.7. The smallest absolute Gasteiger partial charge is 0.263 e. The van der Waals surface area contributed by atoms with E-state index in [-0.39, 0.29) is 27.8 Å². The molecule has 0 atom stereocenters. The Morgan fingerprint density at radius 1 is 1.16 bits per heavy atom. The molecule has 2 aromatic rings. The summed E-state index contributed by atoms with van der Waals surface area (Å²) in [5.41, 5.74) is -0.150. The van der Waals surface area contributed by atoms with Crippen LogP contribution < -0.4 is 15.0 Å². The van der Waals surface area contributed by atoms with Crippen LogP contribution in [0, 0.1) is 11.8 Å². The predicted molar refractivity (Wildman–Crippen MR) is 122 cm³/mol. The molecule has 0 bridgehead atoms. The highest BCUT2D eigenvalue weighted by Crippen LogP contribution is 2.20. The van der Waals surface area contributed by atoms with Crippen LogP contribution in [0.4, 0.5) is 0 Å². The fourth-order valence-electron chi connectivity index (χ4n) is 3.56. The summed E-state index contributed by atoms with van der Waals surface area (Å²) in [5.74, 6) is 0.883. The number of hydrogen-bond donors (Lipinski definition) is 1. The number of aromatic nitrogens is 1. The summed E-state index contributed by atoms with van der Waals surface area (Å²) in [7, 11) is -2.01. The van der Waals surface area contributed by atoms with Crippen LogP contribution in [0.1, 0.15) is 37.0 Å². The summed E-state index contributed by atoms with van der Waals surface area (Å²) < 4.78 is 34.9. The van der Waals surface area contributed by atoms with Crippen molar-refractivity contribution in [2.45, 2.75) is 31.6 Å². The van der Waals surface area contributed by atoms with E-state index in [0.717, 1.165) is 0 Å². The van der Waals surface area contributed by atoms with Gasteiger partial charge in [0.2, 0.25) is 10.0 Å². The molecule has 1 N–H and O–H groups in total. The SMILES string of the molecule is CC(C)COc1ccc(S(=O)(=O)NCC2CCN(C(=O)c3cccn(C)c3=O)CC2)cc1. The molecule has 1 aromatic carbocycles. The molecule has 0 spiro atoms. The molecule has 0 radical (unpaired) electrons. The van der Waals surface area contributed by atoms with Gasteiger partial charge in [-0.25, -0.2) is 13.1 Å². The average molecular weight is 462 g/mol. The molecule has 3 rings (SSSR count). The van der Waals surface area contributed by atoms with E-state index in [1.807, 2.05) is 13.8 Å². The molecule has 1 fully saturated rings. The molecule has 2 heterocycles. The second-order valence-corrected chi connectivity index (χ2v) is 10.4. The van der Waals surface area contributed by atoms with Gasteiger partial charge < -0.3 is 14.2 Å². The van der Waals surface area contributed by atoms with Gasteiger partial charge in [-0.2, -0.15) is 0 Å². The van der Waals surface area contributed by atoms with Crippen molar-refractivity contribution in [3.05, 3.63) is 58.5 Å². The van der Waals surface area contributed by atoms with Crippen molar-refractivity contribution in [1.29, 1.82) is 0 Å². The lowest BCUT2D eigenvalue weighted by Crippen LogP contribution is -2.43. The fourth-order valence-corrected chi connectivity index (χ4v) is 4.68. The van der Waals surface area contributed by atoms with Crippen molar-refractivity contribution in [1.82, 2.24) is 14.2 Å². The molecule has 1 aliphatic heterocycles. The van der Waals surface area contributed by atoms with Crippen LogP contribution in [0.15, 0.2) is 52.3 Å².